The molecule has 2 aromatic heterocycles. The van der Waals surface area contributed by atoms with E-state index in [0.717, 1.165) is 5.56 Å². The first-order valence-electron chi connectivity index (χ1n) is 9.88. The third kappa shape index (κ3) is 5.72. The lowest BCUT2D eigenvalue weighted by Gasteiger charge is -2.15. The smallest absolute Gasteiger partial charge is 0.356 e. The van der Waals surface area contributed by atoms with Crippen LogP contribution < -0.4 is 20.5 Å². The lowest BCUT2D eigenvalue weighted by atomic mass is 10.2. The number of rotatable bonds is 8. The Morgan fingerprint density at radius 2 is 1.66 bits per heavy atom. The van der Waals surface area contributed by atoms with Crippen molar-refractivity contribution in [3.8, 4) is 11.8 Å². The van der Waals surface area contributed by atoms with E-state index in [1.165, 1.54) is 25.3 Å². The second-order valence-corrected chi connectivity index (χ2v) is 7.03. The van der Waals surface area contributed by atoms with E-state index in [1.54, 1.807) is 19.9 Å². The van der Waals surface area contributed by atoms with Crippen molar-refractivity contribution >= 4 is 23.3 Å². The highest BCUT2D eigenvalue weighted by Crippen LogP contribution is 2.25. The van der Waals surface area contributed by atoms with E-state index in [4.69, 9.17) is 15.2 Å². The van der Waals surface area contributed by atoms with E-state index in [9.17, 15) is 9.59 Å². The van der Waals surface area contributed by atoms with E-state index in [2.05, 4.69) is 20.0 Å². The molecule has 9 heteroatoms. The van der Waals surface area contributed by atoms with Crippen LogP contribution in [0.4, 0.5) is 11.4 Å². The number of benzene rings is 1. The van der Waals surface area contributed by atoms with Gasteiger partial charge in [-0.05, 0) is 43.7 Å². The molecule has 1 aromatic carbocycles. The van der Waals surface area contributed by atoms with E-state index >= 15 is 0 Å². The lowest BCUT2D eigenvalue weighted by molar-refractivity contribution is 0.0592. The molecule has 32 heavy (non-hydrogen) atoms. The molecular weight excluding hydrogens is 412 g/mol. The summed E-state index contributed by atoms with van der Waals surface area (Å²) in [6.45, 7) is 3.86. The average Bonchev–Trinajstić information content (AvgIpc) is 2.79. The third-order valence-electron chi connectivity index (χ3n) is 4.19. The van der Waals surface area contributed by atoms with Gasteiger partial charge in [-0.25, -0.2) is 14.8 Å². The quantitative estimate of drug-likeness (QED) is 0.514. The standard InChI is InChI=1S/C23H24N4O5/c1-14(2)32-22-18(11-12-19(27-22)23(29)30-3)25-20(28)17-10-9-16(24)21(26-17)31-13-15-7-5-4-6-8-15/h4-12,14H,13,24H2,1-3H3,(H,25,28). The fourth-order valence-electron chi connectivity index (χ4n) is 2.67. The number of pyridine rings is 2. The van der Waals surface area contributed by atoms with Crippen molar-refractivity contribution in [3.63, 3.8) is 0 Å². The van der Waals surface area contributed by atoms with Crippen LogP contribution in [0.25, 0.3) is 0 Å². The van der Waals surface area contributed by atoms with Gasteiger partial charge in [0.25, 0.3) is 5.91 Å². The summed E-state index contributed by atoms with van der Waals surface area (Å²) < 4.78 is 16.0. The maximum Gasteiger partial charge on any atom is 0.356 e. The topological polar surface area (TPSA) is 126 Å². The molecule has 0 bridgehead atoms. The Kier molecular flexibility index (Phi) is 7.22. The first-order chi connectivity index (χ1) is 15.4. The van der Waals surface area contributed by atoms with Crippen molar-refractivity contribution in [2.24, 2.45) is 0 Å². The summed E-state index contributed by atoms with van der Waals surface area (Å²) >= 11 is 0. The number of carbonyl (C=O) groups is 2. The number of anilines is 2. The Labute approximate surface area is 185 Å². The number of amides is 1. The number of methoxy groups -OCH3 is 1. The third-order valence-corrected chi connectivity index (χ3v) is 4.19. The second kappa shape index (κ2) is 10.3. The fourth-order valence-corrected chi connectivity index (χ4v) is 2.67. The van der Waals surface area contributed by atoms with Gasteiger partial charge in [0.15, 0.2) is 5.69 Å². The number of ether oxygens (including phenoxy) is 3. The monoisotopic (exact) mass is 436 g/mol. The first-order valence-corrected chi connectivity index (χ1v) is 9.88. The molecule has 0 radical (unpaired) electrons. The van der Waals surface area contributed by atoms with E-state index in [-0.39, 0.29) is 41.5 Å². The van der Waals surface area contributed by atoms with E-state index < -0.39 is 11.9 Å². The maximum absolute atomic E-state index is 12.8. The number of nitrogens with two attached hydrogens (primary N) is 1. The van der Waals surface area contributed by atoms with Crippen molar-refractivity contribution in [2.45, 2.75) is 26.6 Å². The van der Waals surface area contributed by atoms with E-state index in [1.807, 2.05) is 30.3 Å². The van der Waals surface area contributed by atoms with Gasteiger partial charge in [-0.2, -0.15) is 0 Å². The van der Waals surface area contributed by atoms with Gasteiger partial charge in [-0.15, -0.1) is 0 Å². The van der Waals surface area contributed by atoms with Crippen LogP contribution in [0.1, 0.15) is 40.4 Å². The van der Waals surface area contributed by atoms with Crippen LogP contribution >= 0.6 is 0 Å². The Morgan fingerprint density at radius 3 is 2.34 bits per heavy atom. The average molecular weight is 436 g/mol. The zero-order valence-corrected chi connectivity index (χ0v) is 18.0. The van der Waals surface area contributed by atoms with Gasteiger partial charge in [0.2, 0.25) is 11.8 Å². The number of nitrogen functional groups attached to an aromatic ring is 1. The van der Waals surface area contributed by atoms with Crippen molar-refractivity contribution in [1.29, 1.82) is 0 Å². The molecule has 3 aromatic rings. The van der Waals surface area contributed by atoms with Gasteiger partial charge in [0.05, 0.1) is 18.9 Å². The van der Waals surface area contributed by atoms with E-state index in [0.29, 0.717) is 5.69 Å². The molecule has 0 aliphatic rings. The molecule has 3 rings (SSSR count). The molecule has 9 nitrogen and oxygen atoms in total. The van der Waals surface area contributed by atoms with Crippen LogP contribution in [-0.4, -0.2) is 35.1 Å². The first kappa shape index (κ1) is 22.5. The summed E-state index contributed by atoms with van der Waals surface area (Å²) in [5.74, 6) is -0.890. The lowest BCUT2D eigenvalue weighted by Crippen LogP contribution is -2.18. The van der Waals surface area contributed by atoms with Crippen LogP contribution in [0.5, 0.6) is 11.8 Å². The van der Waals surface area contributed by atoms with Crippen LogP contribution in [0.2, 0.25) is 0 Å². The molecule has 2 heterocycles. The summed E-state index contributed by atoms with van der Waals surface area (Å²) in [5.41, 5.74) is 7.63. The summed E-state index contributed by atoms with van der Waals surface area (Å²) in [6, 6.07) is 15.5. The minimum absolute atomic E-state index is 0.0587. The summed E-state index contributed by atoms with van der Waals surface area (Å²) in [6.07, 6.45) is -0.237. The predicted octanol–water partition coefficient (Wildman–Crippen LogP) is 3.46. The van der Waals surface area contributed by atoms with Crippen molar-refractivity contribution in [3.05, 3.63) is 71.5 Å². The Bertz CT molecular complexity index is 1100. The van der Waals surface area contributed by atoms with Crippen molar-refractivity contribution in [1.82, 2.24) is 9.97 Å². The van der Waals surface area contributed by atoms with Gasteiger partial charge in [0, 0.05) is 0 Å². The van der Waals surface area contributed by atoms with Crippen molar-refractivity contribution < 1.29 is 23.8 Å². The molecule has 0 aliphatic carbocycles. The Hall–Kier alpha value is -4.14. The van der Waals surface area contributed by atoms with Crippen LogP contribution in [0.3, 0.4) is 0 Å². The summed E-state index contributed by atoms with van der Waals surface area (Å²) in [7, 11) is 1.26. The molecule has 0 spiro atoms. The number of aromatic nitrogens is 2. The largest absolute Gasteiger partial charge is 0.473 e. The summed E-state index contributed by atoms with van der Waals surface area (Å²) in [4.78, 5) is 33.0. The molecule has 3 N–H and O–H groups in total. The zero-order chi connectivity index (χ0) is 23.1. The number of esters is 1. The molecular formula is C23H24N4O5. The normalized spacial score (nSPS) is 10.5. The van der Waals surface area contributed by atoms with Gasteiger partial charge >= 0.3 is 5.97 Å². The Balaban J connectivity index is 1.79. The highest BCUT2D eigenvalue weighted by atomic mass is 16.5. The number of hydrogen-bond acceptors (Lipinski definition) is 8. The molecule has 1 amide bonds. The highest BCUT2D eigenvalue weighted by Gasteiger charge is 2.18. The fraction of sp³-hybridized carbons (Fsp3) is 0.217. The molecule has 0 atom stereocenters. The number of carbonyl (C=O) groups excluding carboxylic acids is 2. The number of nitrogens with zero attached hydrogens (tertiary/aromatic N) is 2. The van der Waals surface area contributed by atoms with Gasteiger partial charge < -0.3 is 25.3 Å². The SMILES string of the molecule is COC(=O)c1ccc(NC(=O)c2ccc(N)c(OCc3ccccc3)n2)c(OC(C)C)n1. The highest BCUT2D eigenvalue weighted by molar-refractivity contribution is 6.04. The predicted molar refractivity (Wildman–Crippen MR) is 119 cm³/mol. The summed E-state index contributed by atoms with van der Waals surface area (Å²) in [5, 5.41) is 2.70. The molecule has 0 saturated carbocycles. The number of hydrogen-bond donors (Lipinski definition) is 2. The molecule has 0 unspecified atom stereocenters. The molecule has 0 fully saturated rings. The molecule has 0 aliphatic heterocycles. The molecule has 0 saturated heterocycles. The van der Waals surface area contributed by atoms with Gasteiger partial charge in [-0.3, -0.25) is 4.79 Å². The minimum atomic E-state index is -0.614. The van der Waals surface area contributed by atoms with Crippen LogP contribution in [0, 0.1) is 0 Å². The van der Waals surface area contributed by atoms with Gasteiger partial charge in [-0.1, -0.05) is 30.3 Å². The van der Waals surface area contributed by atoms with Gasteiger partial charge in [0.1, 0.15) is 18.0 Å². The van der Waals surface area contributed by atoms with Crippen LogP contribution in [0.15, 0.2) is 54.6 Å². The Morgan fingerprint density at radius 1 is 0.969 bits per heavy atom. The number of nitrogens with one attached hydrogen (secondary N) is 1. The minimum Gasteiger partial charge on any atom is -0.473 e. The maximum atomic E-state index is 12.8. The zero-order valence-electron chi connectivity index (χ0n) is 18.0. The van der Waals surface area contributed by atoms with Crippen molar-refractivity contribution in [2.75, 3.05) is 18.2 Å². The van der Waals surface area contributed by atoms with Crippen LogP contribution in [-0.2, 0) is 11.3 Å². The molecule has 166 valence electrons. The second-order valence-electron chi connectivity index (χ2n) is 7.03.